The monoisotopic (exact) mass is 319 g/mol. The number of hydrogen-bond donors (Lipinski definition) is 1. The van der Waals surface area contributed by atoms with Gasteiger partial charge in [-0.3, -0.25) is 4.79 Å². The maximum Gasteiger partial charge on any atom is 0.304 e. The fourth-order valence-electron chi connectivity index (χ4n) is 2.86. The second-order valence-corrected chi connectivity index (χ2v) is 5.75. The van der Waals surface area contributed by atoms with Crippen LogP contribution in [0.1, 0.15) is 31.1 Å². The Morgan fingerprint density at radius 3 is 3.13 bits per heavy atom. The normalized spacial score (nSPS) is 18.9. The van der Waals surface area contributed by atoms with Crippen LogP contribution in [0.4, 0.5) is 4.39 Å². The molecule has 3 rings (SSSR count). The largest absolute Gasteiger partial charge is 0.481 e. The molecule has 0 bridgehead atoms. The first-order valence-electron chi connectivity index (χ1n) is 7.65. The SMILES string of the molecule is O=C(O)CCN1CCC[C@H](c2nc(-c3cccc(F)c3)no2)C1. The molecule has 1 aromatic carbocycles. The Morgan fingerprint density at radius 2 is 2.35 bits per heavy atom. The molecular formula is C16H18FN3O3. The highest BCUT2D eigenvalue weighted by atomic mass is 19.1. The molecule has 1 N–H and O–H groups in total. The van der Waals surface area contributed by atoms with Crippen molar-refractivity contribution in [2.45, 2.75) is 25.2 Å². The zero-order valence-electron chi connectivity index (χ0n) is 12.6. The van der Waals surface area contributed by atoms with Gasteiger partial charge in [-0.25, -0.2) is 4.39 Å². The highest BCUT2D eigenvalue weighted by molar-refractivity contribution is 5.66. The van der Waals surface area contributed by atoms with E-state index in [-0.39, 0.29) is 18.2 Å². The van der Waals surface area contributed by atoms with Gasteiger partial charge < -0.3 is 14.5 Å². The van der Waals surface area contributed by atoms with Gasteiger partial charge in [0, 0.05) is 18.7 Å². The van der Waals surface area contributed by atoms with Gasteiger partial charge in [0.05, 0.1) is 12.3 Å². The number of benzene rings is 1. The van der Waals surface area contributed by atoms with Gasteiger partial charge in [0.25, 0.3) is 0 Å². The van der Waals surface area contributed by atoms with E-state index in [4.69, 9.17) is 9.63 Å². The number of piperidine rings is 1. The Bertz CT molecular complexity index is 689. The van der Waals surface area contributed by atoms with E-state index < -0.39 is 5.97 Å². The van der Waals surface area contributed by atoms with Crippen LogP contribution in [0.5, 0.6) is 0 Å². The van der Waals surface area contributed by atoms with Crippen LogP contribution in [0.15, 0.2) is 28.8 Å². The number of carboxylic acid groups (broad SMARTS) is 1. The van der Waals surface area contributed by atoms with Gasteiger partial charge in [-0.2, -0.15) is 4.98 Å². The van der Waals surface area contributed by atoms with Crippen LogP contribution in [0, 0.1) is 5.82 Å². The lowest BCUT2D eigenvalue weighted by Gasteiger charge is -2.30. The van der Waals surface area contributed by atoms with Crippen molar-refractivity contribution in [3.05, 3.63) is 36.0 Å². The predicted molar refractivity (Wildman–Crippen MR) is 80.4 cm³/mol. The Hall–Kier alpha value is -2.28. The first-order chi connectivity index (χ1) is 11.1. The highest BCUT2D eigenvalue weighted by Crippen LogP contribution is 2.27. The average Bonchev–Trinajstić information content (AvgIpc) is 3.03. The van der Waals surface area contributed by atoms with Crippen LogP contribution in [0.3, 0.4) is 0 Å². The zero-order chi connectivity index (χ0) is 16.2. The van der Waals surface area contributed by atoms with Gasteiger partial charge in [-0.05, 0) is 31.5 Å². The van der Waals surface area contributed by atoms with Crippen molar-refractivity contribution in [2.24, 2.45) is 0 Å². The minimum atomic E-state index is -0.793. The molecule has 23 heavy (non-hydrogen) atoms. The first kappa shape index (κ1) is 15.6. The maximum absolute atomic E-state index is 13.3. The number of carbonyl (C=O) groups is 1. The van der Waals surface area contributed by atoms with Crippen LogP contribution >= 0.6 is 0 Å². The smallest absolute Gasteiger partial charge is 0.304 e. The van der Waals surface area contributed by atoms with Crippen LogP contribution in [-0.4, -0.2) is 45.8 Å². The molecule has 1 aliphatic rings. The number of rotatable bonds is 5. The Kier molecular flexibility index (Phi) is 4.66. The van der Waals surface area contributed by atoms with Gasteiger partial charge in [-0.1, -0.05) is 17.3 Å². The molecule has 0 amide bonds. The minimum Gasteiger partial charge on any atom is -0.481 e. The lowest BCUT2D eigenvalue weighted by molar-refractivity contribution is -0.137. The standard InChI is InChI=1S/C16H18FN3O3/c17-13-5-1-3-11(9-13)15-18-16(23-19-15)12-4-2-7-20(10-12)8-6-14(21)22/h1,3,5,9,12H,2,4,6-8,10H2,(H,21,22)/t12-/m0/s1. The van der Waals surface area contributed by atoms with Crippen molar-refractivity contribution >= 4 is 5.97 Å². The van der Waals surface area contributed by atoms with E-state index in [1.165, 1.54) is 12.1 Å². The molecule has 0 spiro atoms. The van der Waals surface area contributed by atoms with Gasteiger partial charge >= 0.3 is 5.97 Å². The number of nitrogens with zero attached hydrogens (tertiary/aromatic N) is 3. The zero-order valence-corrected chi connectivity index (χ0v) is 12.6. The van der Waals surface area contributed by atoms with E-state index in [1.807, 2.05) is 0 Å². The average molecular weight is 319 g/mol. The third-order valence-electron chi connectivity index (χ3n) is 4.02. The Labute approximate surface area is 132 Å². The fraction of sp³-hybridized carbons (Fsp3) is 0.438. The van der Waals surface area contributed by atoms with Gasteiger partial charge in [0.1, 0.15) is 5.82 Å². The van der Waals surface area contributed by atoms with Crippen LogP contribution in [0.2, 0.25) is 0 Å². The molecule has 0 saturated carbocycles. The van der Waals surface area contributed by atoms with Crippen LogP contribution in [-0.2, 0) is 4.79 Å². The van der Waals surface area contributed by atoms with Crippen molar-refractivity contribution < 1.29 is 18.8 Å². The van der Waals surface area contributed by atoms with E-state index in [1.54, 1.807) is 12.1 Å². The van der Waals surface area contributed by atoms with Crippen molar-refractivity contribution in [3.63, 3.8) is 0 Å². The van der Waals surface area contributed by atoms with Gasteiger partial charge in [-0.15, -0.1) is 0 Å². The third kappa shape index (κ3) is 3.92. The van der Waals surface area contributed by atoms with Gasteiger partial charge in [0.2, 0.25) is 11.7 Å². The van der Waals surface area contributed by atoms with Gasteiger partial charge in [0.15, 0.2) is 0 Å². The molecule has 1 aromatic heterocycles. The second-order valence-electron chi connectivity index (χ2n) is 5.75. The molecule has 1 aliphatic heterocycles. The summed E-state index contributed by atoms with van der Waals surface area (Å²) in [5.74, 6) is -0.136. The topological polar surface area (TPSA) is 79.5 Å². The van der Waals surface area contributed by atoms with Crippen LogP contribution < -0.4 is 0 Å². The molecule has 7 heteroatoms. The fourth-order valence-corrected chi connectivity index (χ4v) is 2.86. The highest BCUT2D eigenvalue weighted by Gasteiger charge is 2.26. The Morgan fingerprint density at radius 1 is 1.48 bits per heavy atom. The minimum absolute atomic E-state index is 0.0901. The molecule has 122 valence electrons. The van der Waals surface area contributed by atoms with E-state index in [0.29, 0.717) is 30.4 Å². The quantitative estimate of drug-likeness (QED) is 0.912. The predicted octanol–water partition coefficient (Wildman–Crippen LogP) is 2.53. The number of carboxylic acids is 1. The van der Waals surface area contributed by atoms with E-state index >= 15 is 0 Å². The lowest BCUT2D eigenvalue weighted by atomic mass is 9.98. The number of hydrogen-bond acceptors (Lipinski definition) is 5. The van der Waals surface area contributed by atoms with Crippen molar-refractivity contribution in [1.29, 1.82) is 0 Å². The summed E-state index contributed by atoms with van der Waals surface area (Å²) in [4.78, 5) is 17.2. The summed E-state index contributed by atoms with van der Waals surface area (Å²) in [5.41, 5.74) is 0.582. The van der Waals surface area contributed by atoms with Crippen LogP contribution in [0.25, 0.3) is 11.4 Å². The molecule has 1 saturated heterocycles. The molecule has 0 radical (unpaired) electrons. The molecule has 1 fully saturated rings. The van der Waals surface area contributed by atoms with E-state index in [2.05, 4.69) is 15.0 Å². The summed E-state index contributed by atoms with van der Waals surface area (Å²) in [6.45, 7) is 2.11. The maximum atomic E-state index is 13.3. The van der Waals surface area contributed by atoms with E-state index in [9.17, 15) is 9.18 Å². The summed E-state index contributed by atoms with van der Waals surface area (Å²) >= 11 is 0. The Balaban J connectivity index is 1.68. The number of aromatic nitrogens is 2. The summed E-state index contributed by atoms with van der Waals surface area (Å²) < 4.78 is 18.6. The molecular weight excluding hydrogens is 301 g/mol. The van der Waals surface area contributed by atoms with E-state index in [0.717, 1.165) is 19.4 Å². The molecule has 1 atom stereocenters. The number of halogens is 1. The number of likely N-dealkylation sites (tertiary alicyclic amines) is 1. The van der Waals surface area contributed by atoms with Crippen molar-refractivity contribution in [1.82, 2.24) is 15.0 Å². The molecule has 2 aromatic rings. The number of aliphatic carboxylic acids is 1. The summed E-state index contributed by atoms with van der Waals surface area (Å²) in [6.07, 6.45) is 2.02. The molecule has 0 aliphatic carbocycles. The lowest BCUT2D eigenvalue weighted by Crippen LogP contribution is -2.35. The molecule has 6 nitrogen and oxygen atoms in total. The van der Waals surface area contributed by atoms with Crippen molar-refractivity contribution in [3.8, 4) is 11.4 Å². The summed E-state index contributed by atoms with van der Waals surface area (Å²) in [5, 5.41) is 12.7. The molecule has 0 unspecified atom stereocenters. The van der Waals surface area contributed by atoms with Crippen molar-refractivity contribution in [2.75, 3.05) is 19.6 Å². The summed E-state index contributed by atoms with van der Waals surface area (Å²) in [6, 6.07) is 6.08. The summed E-state index contributed by atoms with van der Waals surface area (Å²) in [7, 11) is 0. The second kappa shape index (κ2) is 6.87. The third-order valence-corrected chi connectivity index (χ3v) is 4.02. The first-order valence-corrected chi connectivity index (χ1v) is 7.65. The molecule has 2 heterocycles.